The SMILES string of the molecule is CC(C)C[C@H](O)[C@H]1CCN(C(=O)OC(C)(C)C)C1. The molecule has 1 N–H and O–H groups in total. The third-order valence-electron chi connectivity index (χ3n) is 3.13. The van der Waals surface area contributed by atoms with Gasteiger partial charge >= 0.3 is 6.09 Å². The summed E-state index contributed by atoms with van der Waals surface area (Å²) in [6, 6.07) is 0. The summed E-state index contributed by atoms with van der Waals surface area (Å²) in [6.45, 7) is 11.1. The Morgan fingerprint density at radius 3 is 2.56 bits per heavy atom. The molecular formula is C14H27NO3. The fourth-order valence-electron chi connectivity index (χ4n) is 2.27. The lowest BCUT2D eigenvalue weighted by molar-refractivity contribution is 0.0262. The zero-order chi connectivity index (χ0) is 13.9. The van der Waals surface area contributed by atoms with Crippen LogP contribution in [0.5, 0.6) is 0 Å². The highest BCUT2D eigenvalue weighted by Gasteiger charge is 2.33. The molecule has 1 amide bonds. The lowest BCUT2D eigenvalue weighted by Gasteiger charge is -2.25. The molecule has 1 saturated heterocycles. The summed E-state index contributed by atoms with van der Waals surface area (Å²) >= 11 is 0. The molecule has 4 heteroatoms. The van der Waals surface area contributed by atoms with E-state index in [-0.39, 0.29) is 18.1 Å². The Balaban J connectivity index is 2.43. The van der Waals surface area contributed by atoms with E-state index in [1.807, 2.05) is 20.8 Å². The fourth-order valence-corrected chi connectivity index (χ4v) is 2.27. The molecule has 18 heavy (non-hydrogen) atoms. The Bertz CT molecular complexity index is 283. The third kappa shape index (κ3) is 4.84. The van der Waals surface area contributed by atoms with Gasteiger partial charge in [-0.05, 0) is 39.5 Å². The lowest BCUT2D eigenvalue weighted by Crippen LogP contribution is -2.36. The quantitative estimate of drug-likeness (QED) is 0.845. The topological polar surface area (TPSA) is 49.8 Å². The van der Waals surface area contributed by atoms with Crippen LogP contribution in [-0.2, 0) is 4.74 Å². The third-order valence-corrected chi connectivity index (χ3v) is 3.13. The van der Waals surface area contributed by atoms with Gasteiger partial charge < -0.3 is 14.7 Å². The van der Waals surface area contributed by atoms with Gasteiger partial charge in [-0.15, -0.1) is 0 Å². The predicted octanol–water partition coefficient (Wildman–Crippen LogP) is 2.65. The summed E-state index contributed by atoms with van der Waals surface area (Å²) in [5.41, 5.74) is -0.453. The molecule has 0 aromatic heterocycles. The Hall–Kier alpha value is -0.770. The molecule has 0 spiro atoms. The van der Waals surface area contributed by atoms with Crippen molar-refractivity contribution in [2.24, 2.45) is 11.8 Å². The van der Waals surface area contributed by atoms with Crippen molar-refractivity contribution < 1.29 is 14.6 Å². The smallest absolute Gasteiger partial charge is 0.410 e. The van der Waals surface area contributed by atoms with Gasteiger partial charge in [-0.1, -0.05) is 13.8 Å². The first-order valence-electron chi connectivity index (χ1n) is 6.85. The molecule has 1 heterocycles. The van der Waals surface area contributed by atoms with E-state index in [9.17, 15) is 9.90 Å². The average Bonchev–Trinajstić information content (AvgIpc) is 2.61. The molecule has 0 unspecified atom stereocenters. The van der Waals surface area contributed by atoms with E-state index in [4.69, 9.17) is 4.74 Å². The van der Waals surface area contributed by atoms with Crippen LogP contribution in [-0.4, -0.2) is 40.9 Å². The second-order valence-electron chi connectivity index (χ2n) is 6.67. The van der Waals surface area contributed by atoms with Crippen molar-refractivity contribution in [2.75, 3.05) is 13.1 Å². The maximum atomic E-state index is 11.9. The second kappa shape index (κ2) is 5.91. The number of carbonyl (C=O) groups is 1. The van der Waals surface area contributed by atoms with Crippen LogP contribution < -0.4 is 0 Å². The minimum absolute atomic E-state index is 0.194. The highest BCUT2D eigenvalue weighted by molar-refractivity contribution is 5.68. The number of rotatable bonds is 3. The summed E-state index contributed by atoms with van der Waals surface area (Å²) in [5.74, 6) is 0.676. The number of nitrogens with zero attached hydrogens (tertiary/aromatic N) is 1. The maximum Gasteiger partial charge on any atom is 0.410 e. The zero-order valence-corrected chi connectivity index (χ0v) is 12.3. The predicted molar refractivity (Wildman–Crippen MR) is 71.4 cm³/mol. The van der Waals surface area contributed by atoms with Crippen molar-refractivity contribution >= 4 is 6.09 Å². The monoisotopic (exact) mass is 257 g/mol. The first-order chi connectivity index (χ1) is 8.19. The van der Waals surface area contributed by atoms with E-state index in [0.29, 0.717) is 19.0 Å². The molecule has 1 rings (SSSR count). The normalized spacial score (nSPS) is 22.4. The van der Waals surface area contributed by atoms with Crippen LogP contribution in [0.1, 0.15) is 47.5 Å². The van der Waals surface area contributed by atoms with E-state index in [1.165, 1.54) is 0 Å². The van der Waals surface area contributed by atoms with Crippen molar-refractivity contribution in [2.45, 2.75) is 59.2 Å². The number of ether oxygens (including phenoxy) is 1. The van der Waals surface area contributed by atoms with Crippen LogP contribution in [0.2, 0.25) is 0 Å². The highest BCUT2D eigenvalue weighted by atomic mass is 16.6. The minimum Gasteiger partial charge on any atom is -0.444 e. The lowest BCUT2D eigenvalue weighted by atomic mass is 9.94. The van der Waals surface area contributed by atoms with Crippen molar-refractivity contribution in [3.63, 3.8) is 0 Å². The molecule has 4 nitrogen and oxygen atoms in total. The van der Waals surface area contributed by atoms with Gasteiger partial charge in [0.2, 0.25) is 0 Å². The van der Waals surface area contributed by atoms with Gasteiger partial charge in [-0.2, -0.15) is 0 Å². The number of likely N-dealkylation sites (tertiary alicyclic amines) is 1. The number of aliphatic hydroxyl groups excluding tert-OH is 1. The van der Waals surface area contributed by atoms with E-state index in [0.717, 1.165) is 12.8 Å². The second-order valence-corrected chi connectivity index (χ2v) is 6.67. The molecule has 106 valence electrons. The van der Waals surface area contributed by atoms with Gasteiger partial charge in [-0.3, -0.25) is 0 Å². The van der Waals surface area contributed by atoms with Crippen LogP contribution in [0.15, 0.2) is 0 Å². The van der Waals surface area contributed by atoms with Gasteiger partial charge in [0.15, 0.2) is 0 Å². The first-order valence-corrected chi connectivity index (χ1v) is 6.85. The van der Waals surface area contributed by atoms with Crippen LogP contribution in [0.3, 0.4) is 0 Å². The highest BCUT2D eigenvalue weighted by Crippen LogP contribution is 2.25. The maximum absolute atomic E-state index is 11.9. The average molecular weight is 257 g/mol. The summed E-state index contributed by atoms with van der Waals surface area (Å²) in [7, 11) is 0. The van der Waals surface area contributed by atoms with Gasteiger partial charge in [0, 0.05) is 19.0 Å². The van der Waals surface area contributed by atoms with E-state index < -0.39 is 5.60 Å². The molecule has 0 bridgehead atoms. The first kappa shape index (κ1) is 15.3. The molecular weight excluding hydrogens is 230 g/mol. The molecule has 0 aromatic rings. The summed E-state index contributed by atoms with van der Waals surface area (Å²) in [6.07, 6.45) is 1.10. The van der Waals surface area contributed by atoms with Crippen LogP contribution in [0.4, 0.5) is 4.79 Å². The molecule has 1 fully saturated rings. The summed E-state index contributed by atoms with van der Waals surface area (Å²) in [5, 5.41) is 10.1. The number of hydrogen-bond acceptors (Lipinski definition) is 3. The van der Waals surface area contributed by atoms with Crippen LogP contribution in [0.25, 0.3) is 0 Å². The molecule has 0 aromatic carbocycles. The molecule has 0 radical (unpaired) electrons. The Kier molecular flexibility index (Phi) is 5.02. The van der Waals surface area contributed by atoms with Crippen molar-refractivity contribution in [1.82, 2.24) is 4.90 Å². The number of carbonyl (C=O) groups excluding carboxylic acids is 1. The largest absolute Gasteiger partial charge is 0.444 e. The Morgan fingerprint density at radius 1 is 1.44 bits per heavy atom. The van der Waals surface area contributed by atoms with E-state index in [2.05, 4.69) is 13.8 Å². The van der Waals surface area contributed by atoms with Crippen molar-refractivity contribution in [3.05, 3.63) is 0 Å². The number of hydrogen-bond donors (Lipinski definition) is 1. The van der Waals surface area contributed by atoms with E-state index in [1.54, 1.807) is 4.90 Å². The van der Waals surface area contributed by atoms with Crippen molar-refractivity contribution in [3.8, 4) is 0 Å². The van der Waals surface area contributed by atoms with Gasteiger partial charge in [0.1, 0.15) is 5.60 Å². The zero-order valence-electron chi connectivity index (χ0n) is 12.3. The molecule has 2 atom stereocenters. The summed E-state index contributed by atoms with van der Waals surface area (Å²) in [4.78, 5) is 13.6. The molecule has 0 saturated carbocycles. The fraction of sp³-hybridized carbons (Fsp3) is 0.929. The summed E-state index contributed by atoms with van der Waals surface area (Å²) < 4.78 is 5.34. The Morgan fingerprint density at radius 2 is 2.06 bits per heavy atom. The molecule has 0 aliphatic carbocycles. The van der Waals surface area contributed by atoms with Crippen LogP contribution in [0, 0.1) is 11.8 Å². The van der Waals surface area contributed by atoms with E-state index >= 15 is 0 Å². The van der Waals surface area contributed by atoms with Crippen LogP contribution >= 0.6 is 0 Å². The minimum atomic E-state index is -0.453. The molecule has 1 aliphatic rings. The standard InChI is InChI=1S/C14H27NO3/c1-10(2)8-12(16)11-6-7-15(9-11)13(17)18-14(3,4)5/h10-12,16H,6-9H2,1-5H3/t11-,12-/m0/s1. The number of amides is 1. The van der Waals surface area contributed by atoms with Crippen molar-refractivity contribution in [1.29, 1.82) is 0 Å². The van der Waals surface area contributed by atoms with Gasteiger partial charge in [0.25, 0.3) is 0 Å². The molecule has 1 aliphatic heterocycles. The Labute approximate surface area is 110 Å². The number of aliphatic hydroxyl groups is 1. The van der Waals surface area contributed by atoms with Gasteiger partial charge in [0.05, 0.1) is 6.10 Å². The van der Waals surface area contributed by atoms with Gasteiger partial charge in [-0.25, -0.2) is 4.79 Å².